The molecule has 0 spiro atoms. The molecular formula is C19H18Cl2N4O. The van der Waals surface area contributed by atoms with E-state index in [1.54, 1.807) is 12.1 Å². The van der Waals surface area contributed by atoms with Crippen LogP contribution in [-0.2, 0) is 0 Å². The van der Waals surface area contributed by atoms with Crippen LogP contribution in [0, 0.1) is 0 Å². The van der Waals surface area contributed by atoms with E-state index in [4.69, 9.17) is 23.2 Å². The highest BCUT2D eigenvalue weighted by molar-refractivity contribution is 6.42. The van der Waals surface area contributed by atoms with Gasteiger partial charge in [0, 0.05) is 23.4 Å². The number of aliphatic hydroxyl groups excluding tert-OH is 1. The Morgan fingerprint density at radius 1 is 1.00 bits per heavy atom. The van der Waals surface area contributed by atoms with Gasteiger partial charge in [0.15, 0.2) is 0 Å². The van der Waals surface area contributed by atoms with Gasteiger partial charge in [-0.25, -0.2) is 4.98 Å². The predicted molar refractivity (Wildman–Crippen MR) is 107 cm³/mol. The van der Waals surface area contributed by atoms with E-state index in [9.17, 15) is 5.11 Å². The molecule has 0 fully saturated rings. The summed E-state index contributed by atoms with van der Waals surface area (Å²) in [5.74, 6) is 1.03. The molecule has 3 aromatic rings. The van der Waals surface area contributed by atoms with Crippen molar-refractivity contribution in [1.29, 1.82) is 0 Å². The van der Waals surface area contributed by atoms with Gasteiger partial charge in [-0.1, -0.05) is 53.5 Å². The molecule has 3 rings (SSSR count). The van der Waals surface area contributed by atoms with Crippen molar-refractivity contribution in [3.8, 4) is 11.3 Å². The van der Waals surface area contributed by atoms with Crippen LogP contribution in [0.2, 0.25) is 10.0 Å². The summed E-state index contributed by atoms with van der Waals surface area (Å²) < 4.78 is 0. The number of aliphatic hydroxyl groups is 1. The minimum absolute atomic E-state index is 0.0194. The minimum atomic E-state index is -0.168. The predicted octanol–water partition coefficient (Wildman–Crippen LogP) is 4.99. The van der Waals surface area contributed by atoms with Crippen LogP contribution >= 0.6 is 23.2 Å². The van der Waals surface area contributed by atoms with Crippen molar-refractivity contribution in [1.82, 2.24) is 9.97 Å². The van der Waals surface area contributed by atoms with Crippen molar-refractivity contribution in [3.05, 3.63) is 64.6 Å². The molecule has 0 bridgehead atoms. The van der Waals surface area contributed by atoms with Gasteiger partial charge in [-0.3, -0.25) is 0 Å². The van der Waals surface area contributed by atoms with Crippen LogP contribution < -0.4 is 10.6 Å². The number of anilines is 3. The van der Waals surface area contributed by atoms with Crippen molar-refractivity contribution in [2.45, 2.75) is 13.0 Å². The van der Waals surface area contributed by atoms with E-state index in [-0.39, 0.29) is 12.6 Å². The van der Waals surface area contributed by atoms with E-state index in [2.05, 4.69) is 20.6 Å². The molecule has 0 aliphatic carbocycles. The second kappa shape index (κ2) is 8.36. The number of aromatic nitrogens is 2. The van der Waals surface area contributed by atoms with Gasteiger partial charge in [0.25, 0.3) is 0 Å². The molecule has 3 N–H and O–H groups in total. The molecule has 0 radical (unpaired) electrons. The van der Waals surface area contributed by atoms with E-state index in [1.165, 1.54) is 0 Å². The molecule has 26 heavy (non-hydrogen) atoms. The highest BCUT2D eigenvalue weighted by Gasteiger charge is 2.10. The topological polar surface area (TPSA) is 70.1 Å². The van der Waals surface area contributed by atoms with Crippen molar-refractivity contribution in [3.63, 3.8) is 0 Å². The summed E-state index contributed by atoms with van der Waals surface area (Å²) in [5.41, 5.74) is 2.49. The number of halogens is 2. The Morgan fingerprint density at radius 3 is 2.46 bits per heavy atom. The van der Waals surface area contributed by atoms with Gasteiger partial charge in [-0.15, -0.1) is 0 Å². The van der Waals surface area contributed by atoms with Gasteiger partial charge in [-0.05, 0) is 25.1 Å². The van der Waals surface area contributed by atoms with E-state index >= 15 is 0 Å². The van der Waals surface area contributed by atoms with Crippen LogP contribution in [0.1, 0.15) is 6.92 Å². The quantitative estimate of drug-likeness (QED) is 0.554. The summed E-state index contributed by atoms with van der Waals surface area (Å²) in [6.45, 7) is 1.83. The summed E-state index contributed by atoms with van der Waals surface area (Å²) in [6.07, 6.45) is 0. The van der Waals surface area contributed by atoms with Gasteiger partial charge < -0.3 is 15.7 Å². The van der Waals surface area contributed by atoms with Gasteiger partial charge in [0.05, 0.1) is 22.3 Å². The first-order chi connectivity index (χ1) is 12.5. The van der Waals surface area contributed by atoms with Crippen LogP contribution in [0.25, 0.3) is 11.3 Å². The molecule has 7 heteroatoms. The number of hydrogen-bond acceptors (Lipinski definition) is 5. The molecule has 2 aromatic carbocycles. The molecule has 0 aliphatic heterocycles. The standard InChI is InChI=1S/C19H18Cl2N4O/c1-12(11-26)22-19-24-17(13-5-3-2-4-6-13)10-18(25-19)23-14-7-8-15(20)16(21)9-14/h2-10,12,26H,11H2,1H3,(H2,22,23,24,25)/t12-/m1/s1. The Labute approximate surface area is 162 Å². The Kier molecular flexibility index (Phi) is 5.93. The SMILES string of the molecule is C[C@H](CO)Nc1nc(Nc2ccc(Cl)c(Cl)c2)cc(-c2ccccc2)n1. The van der Waals surface area contributed by atoms with Crippen molar-refractivity contribution >= 4 is 40.7 Å². The average Bonchev–Trinajstić information content (AvgIpc) is 2.65. The lowest BCUT2D eigenvalue weighted by molar-refractivity contribution is 0.281. The zero-order valence-corrected chi connectivity index (χ0v) is 15.6. The molecule has 1 heterocycles. The third-order valence-corrected chi connectivity index (χ3v) is 4.38. The van der Waals surface area contributed by atoms with E-state index < -0.39 is 0 Å². The Bertz CT molecular complexity index is 890. The molecule has 0 unspecified atom stereocenters. The first-order valence-electron chi connectivity index (χ1n) is 8.09. The fraction of sp³-hybridized carbons (Fsp3) is 0.158. The molecule has 1 atom stereocenters. The average molecular weight is 389 g/mol. The minimum Gasteiger partial charge on any atom is -0.394 e. The maximum absolute atomic E-state index is 9.28. The van der Waals surface area contributed by atoms with Gasteiger partial charge >= 0.3 is 0 Å². The molecule has 0 aliphatic rings. The third-order valence-electron chi connectivity index (χ3n) is 3.64. The molecular weight excluding hydrogens is 371 g/mol. The first-order valence-corrected chi connectivity index (χ1v) is 8.84. The molecule has 1 aromatic heterocycles. The summed E-state index contributed by atoms with van der Waals surface area (Å²) in [5, 5.41) is 16.5. The van der Waals surface area contributed by atoms with E-state index in [1.807, 2.05) is 49.4 Å². The zero-order valence-electron chi connectivity index (χ0n) is 14.1. The largest absolute Gasteiger partial charge is 0.394 e. The number of benzene rings is 2. The Morgan fingerprint density at radius 2 is 1.77 bits per heavy atom. The molecule has 5 nitrogen and oxygen atoms in total. The second-order valence-electron chi connectivity index (χ2n) is 5.81. The lowest BCUT2D eigenvalue weighted by atomic mass is 10.1. The number of hydrogen-bond donors (Lipinski definition) is 3. The highest BCUT2D eigenvalue weighted by Crippen LogP contribution is 2.28. The maximum atomic E-state index is 9.28. The maximum Gasteiger partial charge on any atom is 0.225 e. The van der Waals surface area contributed by atoms with Gasteiger partial charge in [0.2, 0.25) is 5.95 Å². The van der Waals surface area contributed by atoms with Crippen LogP contribution in [0.5, 0.6) is 0 Å². The molecule has 0 amide bonds. The summed E-state index contributed by atoms with van der Waals surface area (Å²) in [7, 11) is 0. The second-order valence-corrected chi connectivity index (χ2v) is 6.62. The first kappa shape index (κ1) is 18.5. The van der Waals surface area contributed by atoms with Crippen molar-refractivity contribution in [2.24, 2.45) is 0 Å². The summed E-state index contributed by atoms with van der Waals surface area (Å²) >= 11 is 12.0. The Hall–Kier alpha value is -2.34. The van der Waals surface area contributed by atoms with Crippen LogP contribution in [0.4, 0.5) is 17.5 Å². The van der Waals surface area contributed by atoms with Crippen molar-refractivity contribution < 1.29 is 5.11 Å². The fourth-order valence-corrected chi connectivity index (χ4v) is 2.62. The normalized spacial score (nSPS) is 11.8. The van der Waals surface area contributed by atoms with E-state index in [0.29, 0.717) is 21.8 Å². The van der Waals surface area contributed by atoms with Gasteiger partial charge in [0.1, 0.15) is 5.82 Å². The monoisotopic (exact) mass is 388 g/mol. The summed E-state index contributed by atoms with van der Waals surface area (Å²) in [6, 6.07) is 16.8. The van der Waals surface area contributed by atoms with Gasteiger partial charge in [-0.2, -0.15) is 4.98 Å². The highest BCUT2D eigenvalue weighted by atomic mass is 35.5. The molecule has 0 saturated carbocycles. The number of nitrogens with zero attached hydrogens (tertiary/aromatic N) is 2. The van der Waals surface area contributed by atoms with E-state index in [0.717, 1.165) is 16.9 Å². The fourth-order valence-electron chi connectivity index (χ4n) is 2.32. The lowest BCUT2D eigenvalue weighted by Crippen LogP contribution is -2.21. The zero-order chi connectivity index (χ0) is 18.5. The number of nitrogens with one attached hydrogen (secondary N) is 2. The number of rotatable bonds is 6. The lowest BCUT2D eigenvalue weighted by Gasteiger charge is -2.14. The Balaban J connectivity index is 1.97. The smallest absolute Gasteiger partial charge is 0.225 e. The molecule has 0 saturated heterocycles. The van der Waals surface area contributed by atoms with Crippen LogP contribution in [0.15, 0.2) is 54.6 Å². The van der Waals surface area contributed by atoms with Crippen LogP contribution in [-0.4, -0.2) is 27.7 Å². The third kappa shape index (κ3) is 4.64. The summed E-state index contributed by atoms with van der Waals surface area (Å²) in [4.78, 5) is 9.02. The molecule has 134 valence electrons. The van der Waals surface area contributed by atoms with Crippen LogP contribution in [0.3, 0.4) is 0 Å². The van der Waals surface area contributed by atoms with Crippen molar-refractivity contribution in [2.75, 3.05) is 17.2 Å².